The molecule has 4 heteroatoms. The van der Waals surface area contributed by atoms with E-state index in [1.54, 1.807) is 12.1 Å². The van der Waals surface area contributed by atoms with Gasteiger partial charge in [0.2, 0.25) is 0 Å². The Morgan fingerprint density at radius 2 is 2.16 bits per heavy atom. The van der Waals surface area contributed by atoms with E-state index in [0.29, 0.717) is 10.8 Å². The molecule has 2 rings (SSSR count). The summed E-state index contributed by atoms with van der Waals surface area (Å²) in [5, 5.41) is 10.7. The Morgan fingerprint density at radius 3 is 2.79 bits per heavy atom. The molecular weight excluding hydrogens is 262 g/mol. The second-order valence-electron chi connectivity index (χ2n) is 6.00. The number of halogens is 1. The van der Waals surface area contributed by atoms with Gasteiger partial charge in [0.15, 0.2) is 0 Å². The molecule has 3 nitrogen and oxygen atoms in total. The maximum Gasteiger partial charge on any atom is 0.120 e. The van der Waals surface area contributed by atoms with Crippen molar-refractivity contribution in [2.75, 3.05) is 13.1 Å². The third kappa shape index (κ3) is 3.41. The number of benzene rings is 1. The first-order valence-electron chi connectivity index (χ1n) is 6.69. The summed E-state index contributed by atoms with van der Waals surface area (Å²) in [6, 6.07) is 5.32. The number of ether oxygens (including phenoxy) is 1. The van der Waals surface area contributed by atoms with Crippen LogP contribution in [0.2, 0.25) is 5.02 Å². The van der Waals surface area contributed by atoms with Crippen LogP contribution in [0.3, 0.4) is 0 Å². The Balaban J connectivity index is 2.23. The maximum atomic E-state index is 10.0. The first kappa shape index (κ1) is 14.6. The molecule has 0 radical (unpaired) electrons. The van der Waals surface area contributed by atoms with Crippen molar-refractivity contribution in [2.24, 2.45) is 0 Å². The van der Waals surface area contributed by atoms with Crippen LogP contribution in [-0.4, -0.2) is 34.8 Å². The van der Waals surface area contributed by atoms with Crippen LogP contribution in [0.5, 0.6) is 5.75 Å². The van der Waals surface area contributed by atoms with Crippen molar-refractivity contribution >= 4 is 11.6 Å². The summed E-state index contributed by atoms with van der Waals surface area (Å²) in [4.78, 5) is 2.33. The Hall–Kier alpha value is -0.770. The van der Waals surface area contributed by atoms with Gasteiger partial charge in [-0.3, -0.25) is 4.90 Å². The minimum absolute atomic E-state index is 0.115. The molecule has 0 bridgehead atoms. The van der Waals surface area contributed by atoms with Gasteiger partial charge in [-0.25, -0.2) is 0 Å². The molecule has 0 spiro atoms. The molecule has 19 heavy (non-hydrogen) atoms. The van der Waals surface area contributed by atoms with Crippen LogP contribution >= 0.6 is 11.6 Å². The van der Waals surface area contributed by atoms with E-state index >= 15 is 0 Å². The zero-order chi connectivity index (χ0) is 14.2. The normalized spacial score (nSPS) is 25.2. The lowest BCUT2D eigenvalue weighted by molar-refractivity contribution is -0.137. The quantitative estimate of drug-likeness (QED) is 0.900. The highest BCUT2D eigenvalue weighted by Crippen LogP contribution is 2.34. The molecular formula is C15H22ClNO2. The molecule has 1 N–H and O–H groups in total. The van der Waals surface area contributed by atoms with Crippen molar-refractivity contribution in [3.8, 4) is 5.75 Å². The fraction of sp³-hybridized carbons (Fsp3) is 0.600. The summed E-state index contributed by atoms with van der Waals surface area (Å²) in [5.74, 6) is 0.300. The molecule has 0 aliphatic carbocycles. The van der Waals surface area contributed by atoms with Crippen molar-refractivity contribution in [3.63, 3.8) is 0 Å². The topological polar surface area (TPSA) is 32.7 Å². The van der Waals surface area contributed by atoms with Crippen LogP contribution in [0.15, 0.2) is 18.2 Å². The van der Waals surface area contributed by atoms with E-state index in [4.69, 9.17) is 16.3 Å². The number of rotatable bonds is 2. The van der Waals surface area contributed by atoms with Crippen LogP contribution in [0.1, 0.15) is 39.3 Å². The Kier molecular flexibility index (Phi) is 4.09. The van der Waals surface area contributed by atoms with E-state index in [9.17, 15) is 5.11 Å². The predicted molar refractivity (Wildman–Crippen MR) is 77.7 cm³/mol. The molecule has 2 unspecified atom stereocenters. The van der Waals surface area contributed by atoms with Crippen molar-refractivity contribution in [3.05, 3.63) is 28.8 Å². The van der Waals surface area contributed by atoms with Gasteiger partial charge in [-0.15, -0.1) is 0 Å². The second kappa shape index (κ2) is 5.31. The Morgan fingerprint density at radius 1 is 1.47 bits per heavy atom. The Labute approximate surface area is 120 Å². The molecule has 1 aliphatic heterocycles. The van der Waals surface area contributed by atoms with Gasteiger partial charge in [0.25, 0.3) is 0 Å². The first-order chi connectivity index (χ1) is 8.78. The van der Waals surface area contributed by atoms with Crippen molar-refractivity contribution in [2.45, 2.75) is 45.4 Å². The van der Waals surface area contributed by atoms with Gasteiger partial charge in [-0.1, -0.05) is 11.6 Å². The van der Waals surface area contributed by atoms with Crippen molar-refractivity contribution in [1.82, 2.24) is 4.90 Å². The van der Waals surface area contributed by atoms with Gasteiger partial charge in [0.05, 0.1) is 11.7 Å². The molecule has 1 aliphatic rings. The number of phenols is 1. The molecule has 0 amide bonds. The molecule has 106 valence electrons. The molecule has 2 atom stereocenters. The monoisotopic (exact) mass is 283 g/mol. The zero-order valence-corrected chi connectivity index (χ0v) is 12.7. The molecule has 1 heterocycles. The number of morpholine rings is 1. The smallest absolute Gasteiger partial charge is 0.120 e. The van der Waals surface area contributed by atoms with E-state index in [1.165, 1.54) is 0 Å². The highest BCUT2D eigenvalue weighted by Gasteiger charge is 2.34. The number of nitrogens with zero attached hydrogens (tertiary/aromatic N) is 1. The molecule has 0 saturated carbocycles. The minimum Gasteiger partial charge on any atom is -0.508 e. The summed E-state index contributed by atoms with van der Waals surface area (Å²) in [6.07, 6.45) is 0.188. The highest BCUT2D eigenvalue weighted by molar-refractivity contribution is 6.30. The predicted octanol–water partition coefficient (Wildman–Crippen LogP) is 3.61. The molecule has 0 aromatic heterocycles. The van der Waals surface area contributed by atoms with Gasteiger partial charge in [-0.05, 0) is 45.9 Å². The van der Waals surface area contributed by atoms with Gasteiger partial charge in [0, 0.05) is 29.7 Å². The maximum absolute atomic E-state index is 10.0. The molecule has 1 aromatic carbocycles. The van der Waals surface area contributed by atoms with Gasteiger partial charge >= 0.3 is 0 Å². The second-order valence-corrected chi connectivity index (χ2v) is 6.43. The standard InChI is InChI=1S/C15H22ClNO2/c1-10-8-17(9-15(3,4)19-10)11(2)13-7-12(16)5-6-14(13)18/h5-7,10-11,18H,8-9H2,1-4H3. The van der Waals surface area contributed by atoms with Gasteiger partial charge < -0.3 is 9.84 Å². The van der Waals surface area contributed by atoms with Crippen LogP contribution < -0.4 is 0 Å². The number of hydrogen-bond acceptors (Lipinski definition) is 3. The van der Waals surface area contributed by atoms with E-state index in [1.807, 2.05) is 6.07 Å². The molecule has 1 aromatic rings. The Bertz CT molecular complexity index is 461. The lowest BCUT2D eigenvalue weighted by Gasteiger charge is -2.44. The third-order valence-electron chi connectivity index (χ3n) is 3.58. The summed E-state index contributed by atoms with van der Waals surface area (Å²) in [5.41, 5.74) is 0.706. The third-order valence-corrected chi connectivity index (χ3v) is 3.82. The lowest BCUT2D eigenvalue weighted by atomic mass is 10.00. The number of aromatic hydroxyl groups is 1. The summed E-state index contributed by atoms with van der Waals surface area (Å²) in [6.45, 7) is 10.1. The van der Waals surface area contributed by atoms with Crippen LogP contribution in [0.25, 0.3) is 0 Å². The minimum atomic E-state index is -0.167. The van der Waals surface area contributed by atoms with E-state index < -0.39 is 0 Å². The van der Waals surface area contributed by atoms with E-state index in [-0.39, 0.29) is 17.7 Å². The van der Waals surface area contributed by atoms with Crippen LogP contribution in [-0.2, 0) is 4.74 Å². The lowest BCUT2D eigenvalue weighted by Crippen LogP contribution is -2.52. The summed E-state index contributed by atoms with van der Waals surface area (Å²) < 4.78 is 5.91. The van der Waals surface area contributed by atoms with Crippen molar-refractivity contribution in [1.29, 1.82) is 0 Å². The summed E-state index contributed by atoms with van der Waals surface area (Å²) >= 11 is 6.03. The molecule has 1 fully saturated rings. The first-order valence-corrected chi connectivity index (χ1v) is 7.06. The van der Waals surface area contributed by atoms with Crippen LogP contribution in [0, 0.1) is 0 Å². The largest absolute Gasteiger partial charge is 0.508 e. The fourth-order valence-electron chi connectivity index (χ4n) is 2.85. The van der Waals surface area contributed by atoms with E-state index in [2.05, 4.69) is 32.6 Å². The number of phenolic OH excluding ortho intramolecular Hbond substituents is 1. The van der Waals surface area contributed by atoms with E-state index in [0.717, 1.165) is 18.7 Å². The highest BCUT2D eigenvalue weighted by atomic mass is 35.5. The fourth-order valence-corrected chi connectivity index (χ4v) is 3.04. The van der Waals surface area contributed by atoms with Crippen molar-refractivity contribution < 1.29 is 9.84 Å². The van der Waals surface area contributed by atoms with Crippen LogP contribution in [0.4, 0.5) is 0 Å². The van der Waals surface area contributed by atoms with Gasteiger partial charge in [0.1, 0.15) is 5.75 Å². The average Bonchev–Trinajstić information content (AvgIpc) is 2.29. The molecule has 1 saturated heterocycles. The number of hydrogen-bond donors (Lipinski definition) is 1. The average molecular weight is 284 g/mol. The van der Waals surface area contributed by atoms with Gasteiger partial charge in [-0.2, -0.15) is 0 Å². The summed E-state index contributed by atoms with van der Waals surface area (Å²) in [7, 11) is 0. The zero-order valence-electron chi connectivity index (χ0n) is 12.0. The SMILES string of the molecule is CC1CN(C(C)c2cc(Cl)ccc2O)CC(C)(C)O1.